The Labute approximate surface area is 329 Å². The average Bonchev–Trinajstić information content (AvgIpc) is 3.92. The van der Waals surface area contributed by atoms with Gasteiger partial charge in [-0.2, -0.15) is 0 Å². The molecule has 3 aromatic heterocycles. The molecule has 9 aromatic carbocycles. The van der Waals surface area contributed by atoms with Crippen molar-refractivity contribution in [2.24, 2.45) is 0 Å². The number of hydrogen-bond donors (Lipinski definition) is 0. The van der Waals surface area contributed by atoms with Crippen molar-refractivity contribution in [3.05, 3.63) is 212 Å². The van der Waals surface area contributed by atoms with Gasteiger partial charge in [-0.1, -0.05) is 164 Å². The van der Waals surface area contributed by atoms with Crippen molar-refractivity contribution in [1.29, 1.82) is 0 Å². The standard InChI is InChI=1S/C54H35N3/c1-3-18-36(19-4-1)38-27-17-28-43(53(38)57-48-31-14-7-22-39(48)40-23-8-15-32-49(40)57)41-24-10-13-30-47(41)56-50-33-16-11-26-45(50)52-51(56)35-34-44-42-25-9-12-29-46(42)55(54(44)52)37-20-5-2-6-21-37/h1-35H. The van der Waals surface area contributed by atoms with Crippen LogP contribution in [-0.4, -0.2) is 13.7 Å². The fourth-order valence-electron chi connectivity index (χ4n) is 9.53. The zero-order valence-electron chi connectivity index (χ0n) is 31.0. The molecule has 12 rings (SSSR count). The van der Waals surface area contributed by atoms with Crippen LogP contribution in [0, 0.1) is 0 Å². The van der Waals surface area contributed by atoms with Crippen LogP contribution in [0.1, 0.15) is 0 Å². The second-order valence-corrected chi connectivity index (χ2v) is 14.9. The second kappa shape index (κ2) is 12.5. The Hall–Kier alpha value is -7.62. The number of para-hydroxylation sites is 7. The Balaban J connectivity index is 1.22. The van der Waals surface area contributed by atoms with E-state index in [1.807, 2.05) is 0 Å². The molecule has 12 aromatic rings. The van der Waals surface area contributed by atoms with Gasteiger partial charge in [-0.15, -0.1) is 0 Å². The van der Waals surface area contributed by atoms with E-state index >= 15 is 0 Å². The molecule has 0 aliphatic rings. The maximum Gasteiger partial charge on any atom is 0.0641 e. The van der Waals surface area contributed by atoms with Gasteiger partial charge in [0.15, 0.2) is 0 Å². The first-order valence-corrected chi connectivity index (χ1v) is 19.6. The Kier molecular flexibility index (Phi) is 6.93. The average molecular weight is 726 g/mol. The van der Waals surface area contributed by atoms with Crippen LogP contribution in [-0.2, 0) is 0 Å². The summed E-state index contributed by atoms with van der Waals surface area (Å²) >= 11 is 0. The summed E-state index contributed by atoms with van der Waals surface area (Å²) < 4.78 is 7.45. The molecule has 0 radical (unpaired) electrons. The van der Waals surface area contributed by atoms with E-state index in [0.29, 0.717) is 0 Å². The maximum atomic E-state index is 2.50. The van der Waals surface area contributed by atoms with Crippen LogP contribution in [0.3, 0.4) is 0 Å². The molecule has 0 aliphatic carbocycles. The second-order valence-electron chi connectivity index (χ2n) is 14.9. The van der Waals surface area contributed by atoms with E-state index in [1.54, 1.807) is 0 Å². The van der Waals surface area contributed by atoms with E-state index in [4.69, 9.17) is 0 Å². The number of rotatable bonds is 5. The van der Waals surface area contributed by atoms with Crippen LogP contribution in [0.25, 0.3) is 105 Å². The van der Waals surface area contributed by atoms with E-state index < -0.39 is 0 Å². The number of fused-ring (bicyclic) bond motifs is 10. The van der Waals surface area contributed by atoms with Gasteiger partial charge in [0.1, 0.15) is 0 Å². The van der Waals surface area contributed by atoms with Crippen LogP contribution >= 0.6 is 0 Å². The maximum absolute atomic E-state index is 2.50. The number of hydrogen-bond acceptors (Lipinski definition) is 0. The van der Waals surface area contributed by atoms with Gasteiger partial charge in [0.05, 0.1) is 44.5 Å². The third-order valence-corrected chi connectivity index (χ3v) is 11.8. The van der Waals surface area contributed by atoms with Gasteiger partial charge in [0, 0.05) is 54.7 Å². The highest BCUT2D eigenvalue weighted by Gasteiger charge is 2.24. The van der Waals surface area contributed by atoms with E-state index in [0.717, 1.165) is 11.4 Å². The summed E-state index contributed by atoms with van der Waals surface area (Å²) in [6.07, 6.45) is 0. The summed E-state index contributed by atoms with van der Waals surface area (Å²) in [6, 6.07) is 77.4. The number of nitrogens with zero attached hydrogens (tertiary/aromatic N) is 3. The topological polar surface area (TPSA) is 14.8 Å². The lowest BCUT2D eigenvalue weighted by molar-refractivity contribution is 1.16. The fraction of sp³-hybridized carbons (Fsp3) is 0. The van der Waals surface area contributed by atoms with Crippen molar-refractivity contribution in [3.8, 4) is 39.3 Å². The van der Waals surface area contributed by atoms with E-state index in [1.165, 1.54) is 93.4 Å². The molecule has 0 amide bonds. The summed E-state index contributed by atoms with van der Waals surface area (Å²) in [4.78, 5) is 0. The first-order chi connectivity index (χ1) is 28.3. The smallest absolute Gasteiger partial charge is 0.0641 e. The van der Waals surface area contributed by atoms with Gasteiger partial charge >= 0.3 is 0 Å². The summed E-state index contributed by atoms with van der Waals surface area (Å²) in [5.41, 5.74) is 15.3. The Morgan fingerprint density at radius 1 is 0.263 bits per heavy atom. The molecule has 0 N–H and O–H groups in total. The van der Waals surface area contributed by atoms with Gasteiger partial charge in [-0.25, -0.2) is 0 Å². The summed E-state index contributed by atoms with van der Waals surface area (Å²) in [6.45, 7) is 0. The molecule has 0 aliphatic heterocycles. The van der Waals surface area contributed by atoms with Crippen molar-refractivity contribution < 1.29 is 0 Å². The van der Waals surface area contributed by atoms with Crippen LogP contribution < -0.4 is 0 Å². The molecular formula is C54H35N3. The Morgan fingerprint density at radius 2 is 0.754 bits per heavy atom. The predicted molar refractivity (Wildman–Crippen MR) is 240 cm³/mol. The molecule has 0 atom stereocenters. The summed E-state index contributed by atoms with van der Waals surface area (Å²) in [7, 11) is 0. The molecule has 0 saturated heterocycles. The molecule has 0 spiro atoms. The van der Waals surface area contributed by atoms with Crippen molar-refractivity contribution in [3.63, 3.8) is 0 Å². The van der Waals surface area contributed by atoms with Crippen LogP contribution in [0.5, 0.6) is 0 Å². The molecule has 0 fully saturated rings. The van der Waals surface area contributed by atoms with E-state index in [-0.39, 0.29) is 0 Å². The third kappa shape index (κ3) is 4.60. The quantitative estimate of drug-likeness (QED) is 0.168. The molecule has 0 saturated carbocycles. The Morgan fingerprint density at radius 3 is 1.44 bits per heavy atom. The molecule has 3 nitrogen and oxygen atoms in total. The third-order valence-electron chi connectivity index (χ3n) is 11.8. The molecule has 0 bridgehead atoms. The summed E-state index contributed by atoms with van der Waals surface area (Å²) in [5, 5.41) is 7.48. The zero-order chi connectivity index (χ0) is 37.5. The van der Waals surface area contributed by atoms with Gasteiger partial charge < -0.3 is 13.7 Å². The predicted octanol–water partition coefficient (Wildman–Crippen LogP) is 14.3. The Bertz CT molecular complexity index is 3460. The fourth-order valence-corrected chi connectivity index (χ4v) is 9.53. The van der Waals surface area contributed by atoms with E-state index in [2.05, 4.69) is 226 Å². The van der Waals surface area contributed by atoms with Crippen molar-refractivity contribution in [1.82, 2.24) is 13.7 Å². The first-order valence-electron chi connectivity index (χ1n) is 19.6. The largest absolute Gasteiger partial charge is 0.309 e. The monoisotopic (exact) mass is 725 g/mol. The minimum Gasteiger partial charge on any atom is -0.309 e. The van der Waals surface area contributed by atoms with Crippen molar-refractivity contribution in [2.45, 2.75) is 0 Å². The molecule has 3 heteroatoms. The highest BCUT2D eigenvalue weighted by atomic mass is 15.0. The van der Waals surface area contributed by atoms with Crippen LogP contribution in [0.15, 0.2) is 212 Å². The van der Waals surface area contributed by atoms with Gasteiger partial charge in [-0.05, 0) is 54.1 Å². The molecule has 0 unspecified atom stereocenters. The first kappa shape index (κ1) is 31.7. The number of benzene rings is 9. The lowest BCUT2D eigenvalue weighted by Gasteiger charge is -2.21. The number of aromatic nitrogens is 3. The molecular weight excluding hydrogens is 691 g/mol. The van der Waals surface area contributed by atoms with E-state index in [9.17, 15) is 0 Å². The normalized spacial score (nSPS) is 11.9. The van der Waals surface area contributed by atoms with Crippen molar-refractivity contribution in [2.75, 3.05) is 0 Å². The minimum absolute atomic E-state index is 1.14. The van der Waals surface area contributed by atoms with Gasteiger partial charge in [-0.3, -0.25) is 0 Å². The molecule has 3 heterocycles. The minimum atomic E-state index is 1.14. The van der Waals surface area contributed by atoms with Crippen molar-refractivity contribution >= 4 is 65.4 Å². The highest BCUT2D eigenvalue weighted by molar-refractivity contribution is 6.26. The molecule has 266 valence electrons. The SMILES string of the molecule is c1ccc(-c2cccc(-c3ccccc3-n3c4ccccc4c4c3ccc3c5ccccc5n(-c5ccccc5)c34)c2-n2c3ccccc3c3ccccc32)cc1. The van der Waals surface area contributed by atoms with Gasteiger partial charge in [0.2, 0.25) is 0 Å². The van der Waals surface area contributed by atoms with Crippen LogP contribution in [0.4, 0.5) is 0 Å². The lowest BCUT2D eigenvalue weighted by atomic mass is 9.94. The van der Waals surface area contributed by atoms with Gasteiger partial charge in [0.25, 0.3) is 0 Å². The lowest BCUT2D eigenvalue weighted by Crippen LogP contribution is -2.03. The summed E-state index contributed by atoms with van der Waals surface area (Å²) in [5.74, 6) is 0. The zero-order valence-corrected chi connectivity index (χ0v) is 31.0. The van der Waals surface area contributed by atoms with Crippen LogP contribution in [0.2, 0.25) is 0 Å². The molecule has 57 heavy (non-hydrogen) atoms. The highest BCUT2D eigenvalue weighted by Crippen LogP contribution is 2.46.